The summed E-state index contributed by atoms with van der Waals surface area (Å²) in [6.07, 6.45) is 1.18. The van der Waals surface area contributed by atoms with E-state index in [2.05, 4.69) is 79.8 Å². The molecule has 0 radical (unpaired) electrons. The number of primary amides is 1. The summed E-state index contributed by atoms with van der Waals surface area (Å²) < 4.78 is 0. The molecule has 638 valence electrons. The number of rotatable bonds is 18. The van der Waals surface area contributed by atoms with Crippen molar-refractivity contribution in [2.24, 2.45) is 40.7 Å². The molecule has 4 heterocycles. The van der Waals surface area contributed by atoms with E-state index in [9.17, 15) is 68.7 Å². The third kappa shape index (κ3) is 29.4. The highest BCUT2D eigenvalue weighted by Crippen LogP contribution is 2.36. The van der Waals surface area contributed by atoms with Gasteiger partial charge < -0.3 is 111 Å². The molecule has 17 atom stereocenters. The lowest BCUT2D eigenvalue weighted by atomic mass is 9.82. The van der Waals surface area contributed by atoms with Crippen LogP contribution in [0.15, 0.2) is 24.3 Å². The minimum Gasteiger partial charge on any atom is -0.481 e. The van der Waals surface area contributed by atoms with Gasteiger partial charge in [-0.3, -0.25) is 62.3 Å². The Bertz CT molecular complexity index is 3440. The van der Waals surface area contributed by atoms with Crippen LogP contribution in [0.4, 0.5) is 0 Å². The minimum absolute atomic E-state index is 0.00905. The SMILES string of the molecule is CCC[C@@H]1NC(=O)[C@H](CC2CNC3NCCCC23)NC(=O)[C@H]([C@@H](C)O)NC(=O)[C@H](CC2CNCN2)NC(=O)[C@H](CC2CCC(O)CC2)NC(=O)[C@H](C(C)(C)C)NC(=O)CCSCc2cccc(c2)CSC[C@@H](C(N)=O)NC(=O)[C@H]([C@@H](C)O)NC(=O)[C@H](CC2CC2)NC(=O)[C@H](CC2CCC(O)CC2)NC(=O)[C@H](CCC(=O)O)NC1=O. The van der Waals surface area contributed by atoms with E-state index in [4.69, 9.17) is 5.73 Å². The molecule has 3 aliphatic carbocycles. The van der Waals surface area contributed by atoms with Gasteiger partial charge in [0.2, 0.25) is 70.9 Å². The molecule has 34 nitrogen and oxygen atoms in total. The van der Waals surface area contributed by atoms with Crippen LogP contribution in [0.25, 0.3) is 0 Å². The van der Waals surface area contributed by atoms with Crippen LogP contribution in [0.5, 0.6) is 0 Å². The second-order valence-corrected chi connectivity index (χ2v) is 35.6. The zero-order valence-electron chi connectivity index (χ0n) is 66.7. The number of carboxylic acids is 1. The zero-order chi connectivity index (χ0) is 82.9. The van der Waals surface area contributed by atoms with Gasteiger partial charge in [-0.1, -0.05) is 71.2 Å². The number of fused-ring (bicyclic) bond motifs is 3. The van der Waals surface area contributed by atoms with Crippen LogP contribution in [0.2, 0.25) is 0 Å². The molecule has 1 aromatic carbocycles. The molecule has 6 fully saturated rings. The van der Waals surface area contributed by atoms with Gasteiger partial charge >= 0.3 is 5.97 Å². The number of aliphatic hydroxyl groups excluding tert-OH is 4. The number of nitrogens with one attached hydrogen (secondary N) is 15. The third-order valence-corrected chi connectivity index (χ3v) is 25.0. The van der Waals surface area contributed by atoms with Gasteiger partial charge in [-0.2, -0.15) is 23.5 Å². The summed E-state index contributed by atoms with van der Waals surface area (Å²) in [7, 11) is 0. The van der Waals surface area contributed by atoms with Crippen molar-refractivity contribution in [3.63, 3.8) is 0 Å². The van der Waals surface area contributed by atoms with Crippen molar-refractivity contribution in [3.05, 3.63) is 35.4 Å². The Kier molecular flexibility index (Phi) is 36.3. The highest BCUT2D eigenvalue weighted by molar-refractivity contribution is 7.98. The zero-order valence-corrected chi connectivity index (χ0v) is 68.3. The van der Waals surface area contributed by atoms with E-state index in [-0.39, 0.29) is 92.9 Å². The molecule has 22 N–H and O–H groups in total. The van der Waals surface area contributed by atoms with Crippen LogP contribution in [0, 0.1) is 35.0 Å². The number of aliphatic carboxylic acids is 1. The first-order valence-electron chi connectivity index (χ1n) is 40.9. The Morgan fingerprint density at radius 1 is 0.526 bits per heavy atom. The number of carbonyl (C=O) groups is 13. The van der Waals surface area contributed by atoms with Crippen LogP contribution < -0.4 is 85.5 Å². The molecular formula is C78H126N16O18S2. The number of aliphatic hydroxyl groups is 4. The number of piperidine rings is 1. The van der Waals surface area contributed by atoms with Gasteiger partial charge in [-0.15, -0.1) is 0 Å². The summed E-state index contributed by atoms with van der Waals surface area (Å²) in [5.74, 6) is -11.1. The van der Waals surface area contributed by atoms with Crippen molar-refractivity contribution < 1.29 is 87.9 Å². The van der Waals surface area contributed by atoms with E-state index < -0.39 is 192 Å². The summed E-state index contributed by atoms with van der Waals surface area (Å²) in [4.78, 5) is 188. The number of nitrogens with two attached hydrogens (primary N) is 1. The molecular weight excluding hydrogens is 1510 g/mol. The first kappa shape index (κ1) is 92.2. The fourth-order valence-electron chi connectivity index (χ4n) is 16.0. The Labute approximate surface area is 676 Å². The Morgan fingerprint density at radius 2 is 0.982 bits per heavy atom. The summed E-state index contributed by atoms with van der Waals surface area (Å²) in [5, 5.41) is 97.1. The molecule has 36 heteroatoms. The van der Waals surface area contributed by atoms with Crippen LogP contribution >= 0.6 is 23.5 Å². The molecule has 3 saturated heterocycles. The summed E-state index contributed by atoms with van der Waals surface area (Å²) in [5.41, 5.74) is 6.71. The largest absolute Gasteiger partial charge is 0.481 e. The van der Waals surface area contributed by atoms with Crippen molar-refractivity contribution >= 4 is 100 Å². The van der Waals surface area contributed by atoms with Gasteiger partial charge in [0, 0.05) is 55.1 Å². The van der Waals surface area contributed by atoms with Crippen molar-refractivity contribution in [1.82, 2.24) is 79.8 Å². The highest BCUT2D eigenvalue weighted by Gasteiger charge is 2.45. The Hall–Kier alpha value is -7.29. The molecule has 4 aliphatic heterocycles. The van der Waals surface area contributed by atoms with Crippen LogP contribution in [0.3, 0.4) is 0 Å². The molecule has 4 unspecified atom stereocenters. The third-order valence-electron chi connectivity index (χ3n) is 22.9. The maximum Gasteiger partial charge on any atom is 0.303 e. The van der Waals surface area contributed by atoms with Crippen molar-refractivity contribution in [2.45, 2.75) is 297 Å². The van der Waals surface area contributed by atoms with Gasteiger partial charge in [-0.05, 0) is 182 Å². The molecule has 8 rings (SSSR count). The number of hydrogen-bond donors (Lipinski definition) is 21. The summed E-state index contributed by atoms with van der Waals surface area (Å²) in [6.45, 7) is 11.4. The van der Waals surface area contributed by atoms with E-state index in [0.29, 0.717) is 101 Å². The van der Waals surface area contributed by atoms with Gasteiger partial charge in [-0.25, -0.2) is 0 Å². The lowest BCUT2D eigenvalue weighted by Gasteiger charge is -2.34. The number of benzene rings is 1. The van der Waals surface area contributed by atoms with Crippen LogP contribution in [-0.2, 0) is 73.8 Å². The van der Waals surface area contributed by atoms with Crippen molar-refractivity contribution in [2.75, 3.05) is 37.8 Å². The maximum atomic E-state index is 15.2. The molecule has 114 heavy (non-hydrogen) atoms. The Morgan fingerprint density at radius 3 is 1.46 bits per heavy atom. The molecule has 12 amide bonds. The van der Waals surface area contributed by atoms with E-state index in [1.165, 1.54) is 37.4 Å². The quantitative estimate of drug-likeness (QED) is 0.0785. The number of hydrogen-bond acceptors (Lipinski definition) is 23. The second kappa shape index (κ2) is 44.9. The number of amides is 12. The molecule has 0 aromatic heterocycles. The van der Waals surface area contributed by atoms with E-state index in [1.807, 2.05) is 24.3 Å². The molecule has 7 aliphatic rings. The smallest absolute Gasteiger partial charge is 0.303 e. The normalized spacial score (nSPS) is 32.9. The number of carbonyl (C=O) groups excluding carboxylic acids is 12. The van der Waals surface area contributed by atoms with Gasteiger partial charge in [0.15, 0.2) is 0 Å². The molecule has 2 bridgehead atoms. The average molecular weight is 1640 g/mol. The second-order valence-electron chi connectivity index (χ2n) is 33.5. The van der Waals surface area contributed by atoms with Crippen molar-refractivity contribution in [1.29, 1.82) is 0 Å². The predicted molar refractivity (Wildman–Crippen MR) is 426 cm³/mol. The van der Waals surface area contributed by atoms with E-state index in [0.717, 1.165) is 30.5 Å². The first-order chi connectivity index (χ1) is 54.2. The molecule has 3 saturated carbocycles. The maximum absolute atomic E-state index is 15.2. The molecule has 1 aromatic rings. The fraction of sp³-hybridized carbons (Fsp3) is 0.756. The minimum atomic E-state index is -1.78. The fourth-order valence-corrected chi connectivity index (χ4v) is 17.9. The van der Waals surface area contributed by atoms with Crippen molar-refractivity contribution in [3.8, 4) is 0 Å². The molecule has 0 spiro atoms. The standard InChI is InChI=1S/C78H126N16O18S2/c1-7-10-53-68(103)85-54(24-25-62(100)101)69(104)86-55(31-44-16-20-50(97)21-17-44)70(105)87-57(30-43-14-15-43)73(108)93-64(42(3)96)76(111)91-60(66(79)102)39-114-38-47-12-8-11-46(29-47)37-113-28-26-61(99)92-65(78(4,5)6)77(112)90-56(32-45-18-22-51(98)23-19-45)71(106)88-59(34-49-36-80-40-83-49)74(109)94-63(41(2)95)75(110)89-58(72(107)84-53)33-48-35-82-67-52(48)13-9-27-81-67/h8,11-12,29,41-45,48-60,63-65,67,80-83,95-98H,7,9-10,13-28,30-40H2,1-6H3,(H2,79,102)(H,84,107)(H,85,103)(H,86,104)(H,87,105)(H,88,106)(H,89,110)(H,90,112)(H,91,111)(H,92,99)(H,93,108)(H,94,109)(H,100,101)/t41-,42-,44?,45?,48?,49?,50?,51?,52?,53+,54+,55+,56+,57+,58+,59+,60+,63+,64+,65-,67?/m1/s1. The van der Waals surface area contributed by atoms with E-state index in [1.54, 1.807) is 27.7 Å². The van der Waals surface area contributed by atoms with Gasteiger partial charge in [0.05, 0.1) is 30.6 Å². The summed E-state index contributed by atoms with van der Waals surface area (Å²) >= 11 is 2.75. The predicted octanol–water partition coefficient (Wildman–Crippen LogP) is -1.63. The topological polar surface area (TPSA) is 530 Å². The lowest BCUT2D eigenvalue weighted by Crippen LogP contribution is -2.63. The highest BCUT2D eigenvalue weighted by atomic mass is 32.2. The lowest BCUT2D eigenvalue weighted by molar-refractivity contribution is -0.139. The summed E-state index contributed by atoms with van der Waals surface area (Å²) in [6, 6.07) is -8.80. The van der Waals surface area contributed by atoms with Gasteiger partial charge in [0.25, 0.3) is 0 Å². The number of thioether (sulfide) groups is 2. The first-order valence-corrected chi connectivity index (χ1v) is 43.2. The monoisotopic (exact) mass is 1640 g/mol. The van der Waals surface area contributed by atoms with E-state index >= 15 is 19.2 Å². The van der Waals surface area contributed by atoms with Gasteiger partial charge in [0.1, 0.15) is 66.5 Å². The Balaban J connectivity index is 1.11. The van der Waals surface area contributed by atoms with Crippen LogP contribution in [0.1, 0.15) is 194 Å². The van der Waals surface area contributed by atoms with Crippen LogP contribution in [-0.4, -0.2) is 243 Å². The number of carboxylic acid groups (broad SMARTS) is 1. The average Bonchev–Trinajstić information content (AvgIpc) is 1.45.